The van der Waals surface area contributed by atoms with Crippen LogP contribution in [0.5, 0.6) is 0 Å². The number of carbonyl (C=O) groups is 1. The Labute approximate surface area is 158 Å². The number of amides is 1. The fourth-order valence-corrected chi connectivity index (χ4v) is 3.64. The van der Waals surface area contributed by atoms with Crippen molar-refractivity contribution in [3.8, 4) is 11.4 Å². The summed E-state index contributed by atoms with van der Waals surface area (Å²) in [7, 11) is 0. The molecule has 3 aromatic rings. The first kappa shape index (κ1) is 17.3. The van der Waals surface area contributed by atoms with Crippen LogP contribution in [0.1, 0.15) is 40.8 Å². The van der Waals surface area contributed by atoms with Crippen molar-refractivity contribution in [2.45, 2.75) is 32.7 Å². The normalized spacial score (nSPS) is 17.1. The summed E-state index contributed by atoms with van der Waals surface area (Å²) in [6.07, 6.45) is 10.6. The Balaban J connectivity index is 1.60. The lowest BCUT2D eigenvalue weighted by Crippen LogP contribution is -2.41. The lowest BCUT2D eigenvalue weighted by atomic mass is 10.0. The number of likely N-dealkylation sites (tertiary alicyclic amines) is 1. The largest absolute Gasteiger partial charge is 0.335 e. The minimum absolute atomic E-state index is 0.0598. The van der Waals surface area contributed by atoms with Gasteiger partial charge in [-0.2, -0.15) is 0 Å². The molecule has 0 aromatic carbocycles. The predicted molar refractivity (Wildman–Crippen MR) is 101 cm³/mol. The summed E-state index contributed by atoms with van der Waals surface area (Å²) in [5.74, 6) is 0.861. The summed E-state index contributed by atoms with van der Waals surface area (Å²) >= 11 is 0. The van der Waals surface area contributed by atoms with Crippen LogP contribution in [0, 0.1) is 13.8 Å². The van der Waals surface area contributed by atoms with Crippen molar-refractivity contribution in [2.75, 3.05) is 13.1 Å². The van der Waals surface area contributed by atoms with Crippen molar-refractivity contribution in [3.05, 3.63) is 60.2 Å². The second-order valence-corrected chi connectivity index (χ2v) is 6.92. The van der Waals surface area contributed by atoms with E-state index in [2.05, 4.69) is 31.4 Å². The molecular weight excluding hydrogens is 340 g/mol. The number of hydrogen-bond donors (Lipinski definition) is 0. The molecule has 138 valence electrons. The summed E-state index contributed by atoms with van der Waals surface area (Å²) < 4.78 is 2.25. The van der Waals surface area contributed by atoms with Gasteiger partial charge in [0.1, 0.15) is 11.5 Å². The Kier molecular flexibility index (Phi) is 4.66. The molecule has 4 rings (SSSR count). The van der Waals surface area contributed by atoms with E-state index >= 15 is 0 Å². The van der Waals surface area contributed by atoms with E-state index in [9.17, 15) is 4.79 Å². The number of aryl methyl sites for hydroxylation is 2. The minimum atomic E-state index is -0.0598. The zero-order chi connectivity index (χ0) is 18.8. The number of nitrogens with zero attached hydrogens (tertiary/aromatic N) is 6. The van der Waals surface area contributed by atoms with Crippen LogP contribution < -0.4 is 0 Å². The molecule has 1 aliphatic heterocycles. The fourth-order valence-electron chi connectivity index (χ4n) is 3.64. The van der Waals surface area contributed by atoms with Gasteiger partial charge in [-0.15, -0.1) is 0 Å². The van der Waals surface area contributed by atoms with Crippen LogP contribution in [-0.2, 0) is 0 Å². The van der Waals surface area contributed by atoms with E-state index in [4.69, 9.17) is 0 Å². The van der Waals surface area contributed by atoms with Gasteiger partial charge in [0.2, 0.25) is 0 Å². The lowest BCUT2D eigenvalue weighted by Gasteiger charge is -2.34. The predicted octanol–water partition coefficient (Wildman–Crippen LogP) is 2.83. The van der Waals surface area contributed by atoms with Crippen molar-refractivity contribution in [3.63, 3.8) is 0 Å². The van der Waals surface area contributed by atoms with Crippen LogP contribution in [-0.4, -0.2) is 48.4 Å². The maximum Gasteiger partial charge on any atom is 0.274 e. The van der Waals surface area contributed by atoms with E-state index in [0.717, 1.165) is 42.2 Å². The molecule has 1 fully saturated rings. The molecule has 0 aliphatic carbocycles. The van der Waals surface area contributed by atoms with Gasteiger partial charge < -0.3 is 9.47 Å². The third-order valence-corrected chi connectivity index (χ3v) is 4.97. The Morgan fingerprint density at radius 3 is 2.63 bits per heavy atom. The zero-order valence-electron chi connectivity index (χ0n) is 15.5. The number of imidazole rings is 1. The number of hydrogen-bond acceptors (Lipinski definition) is 5. The van der Waals surface area contributed by atoms with E-state index in [1.54, 1.807) is 24.8 Å². The highest BCUT2D eigenvalue weighted by Gasteiger charge is 2.28. The molecule has 7 nitrogen and oxygen atoms in total. The van der Waals surface area contributed by atoms with Gasteiger partial charge in [0, 0.05) is 49.1 Å². The van der Waals surface area contributed by atoms with Crippen molar-refractivity contribution in [2.24, 2.45) is 0 Å². The average Bonchev–Trinajstić information content (AvgIpc) is 3.10. The summed E-state index contributed by atoms with van der Waals surface area (Å²) in [6, 6.07) is 4.12. The third kappa shape index (κ3) is 3.45. The molecule has 1 aliphatic rings. The maximum atomic E-state index is 12.9. The second-order valence-electron chi connectivity index (χ2n) is 6.92. The first-order valence-corrected chi connectivity index (χ1v) is 9.15. The molecule has 0 bridgehead atoms. The fraction of sp³-hybridized carbons (Fsp3) is 0.350. The standard InChI is InChI=1S/C20H22N6O/c1-14-10-23-18(12-22-14)20(27)25-9-3-4-17(13-25)26-15(2)11-24-19(26)16-5-7-21-8-6-16/h5-8,10-12,17H,3-4,9,13H2,1-2H3. The van der Waals surface area contributed by atoms with Crippen molar-refractivity contribution < 1.29 is 4.79 Å². The van der Waals surface area contributed by atoms with E-state index in [-0.39, 0.29) is 11.9 Å². The number of carbonyl (C=O) groups excluding carboxylic acids is 1. The maximum absolute atomic E-state index is 12.9. The van der Waals surface area contributed by atoms with Gasteiger partial charge in [-0.3, -0.25) is 14.8 Å². The summed E-state index contributed by atoms with van der Waals surface area (Å²) in [5, 5.41) is 0. The van der Waals surface area contributed by atoms with E-state index < -0.39 is 0 Å². The highest BCUT2D eigenvalue weighted by molar-refractivity contribution is 5.92. The molecule has 1 saturated heterocycles. The first-order chi connectivity index (χ1) is 13.1. The summed E-state index contributed by atoms with van der Waals surface area (Å²) in [6.45, 7) is 5.30. The molecule has 0 N–H and O–H groups in total. The van der Waals surface area contributed by atoms with Gasteiger partial charge in [-0.25, -0.2) is 9.97 Å². The first-order valence-electron chi connectivity index (χ1n) is 9.15. The molecule has 0 spiro atoms. The van der Waals surface area contributed by atoms with Gasteiger partial charge in [0.15, 0.2) is 0 Å². The molecule has 0 radical (unpaired) electrons. The molecule has 1 atom stereocenters. The van der Waals surface area contributed by atoms with Crippen LogP contribution in [0.4, 0.5) is 0 Å². The second kappa shape index (κ2) is 7.26. The van der Waals surface area contributed by atoms with Crippen molar-refractivity contribution >= 4 is 5.91 Å². The molecule has 7 heteroatoms. The Hall–Kier alpha value is -3.09. The van der Waals surface area contributed by atoms with Crippen LogP contribution in [0.3, 0.4) is 0 Å². The van der Waals surface area contributed by atoms with Gasteiger partial charge >= 0.3 is 0 Å². The minimum Gasteiger partial charge on any atom is -0.335 e. The van der Waals surface area contributed by atoms with Crippen LogP contribution in [0.2, 0.25) is 0 Å². The molecule has 1 amide bonds. The lowest BCUT2D eigenvalue weighted by molar-refractivity contribution is 0.0672. The van der Waals surface area contributed by atoms with Gasteiger partial charge in [0.05, 0.1) is 17.9 Å². The highest BCUT2D eigenvalue weighted by atomic mass is 16.2. The quantitative estimate of drug-likeness (QED) is 0.716. The molecule has 0 saturated carbocycles. The van der Waals surface area contributed by atoms with Crippen LogP contribution >= 0.6 is 0 Å². The van der Waals surface area contributed by atoms with Gasteiger partial charge in [0.25, 0.3) is 5.91 Å². The van der Waals surface area contributed by atoms with Crippen LogP contribution in [0.15, 0.2) is 43.1 Å². The van der Waals surface area contributed by atoms with Gasteiger partial charge in [-0.05, 0) is 38.8 Å². The van der Waals surface area contributed by atoms with Crippen molar-refractivity contribution in [1.29, 1.82) is 0 Å². The average molecular weight is 362 g/mol. The zero-order valence-corrected chi connectivity index (χ0v) is 15.5. The number of pyridine rings is 1. The molecule has 1 unspecified atom stereocenters. The summed E-state index contributed by atoms with van der Waals surface area (Å²) in [5.41, 5.74) is 3.33. The number of piperidine rings is 1. The summed E-state index contributed by atoms with van der Waals surface area (Å²) in [4.78, 5) is 31.9. The van der Waals surface area contributed by atoms with Crippen LogP contribution in [0.25, 0.3) is 11.4 Å². The topological polar surface area (TPSA) is 76.8 Å². The SMILES string of the molecule is Cc1cnc(C(=O)N2CCCC(n3c(C)cnc3-c3ccncc3)C2)cn1. The third-order valence-electron chi connectivity index (χ3n) is 4.97. The molecule has 4 heterocycles. The van der Waals surface area contributed by atoms with Crippen molar-refractivity contribution in [1.82, 2.24) is 29.4 Å². The monoisotopic (exact) mass is 362 g/mol. The smallest absolute Gasteiger partial charge is 0.274 e. The van der Waals surface area contributed by atoms with Gasteiger partial charge in [-0.1, -0.05) is 0 Å². The number of rotatable bonds is 3. The van der Waals surface area contributed by atoms with E-state index in [1.165, 1.54) is 0 Å². The molecular formula is C20H22N6O. The Morgan fingerprint density at radius 1 is 1.07 bits per heavy atom. The molecule has 3 aromatic heterocycles. The van der Waals surface area contributed by atoms with E-state index in [0.29, 0.717) is 12.2 Å². The Bertz CT molecular complexity index is 935. The van der Waals surface area contributed by atoms with E-state index in [1.807, 2.05) is 30.2 Å². The molecule has 27 heavy (non-hydrogen) atoms. The number of aromatic nitrogens is 5. The Morgan fingerprint density at radius 2 is 1.89 bits per heavy atom. The highest BCUT2D eigenvalue weighted by Crippen LogP contribution is 2.29.